The number of hydrogen-bond acceptors (Lipinski definition) is 3. The van der Waals surface area contributed by atoms with Gasteiger partial charge >= 0.3 is 0 Å². The summed E-state index contributed by atoms with van der Waals surface area (Å²) in [5.41, 5.74) is 0. The molecule has 0 amide bonds. The predicted molar refractivity (Wildman–Crippen MR) is 47.9 cm³/mol. The Morgan fingerprint density at radius 3 is 2.67 bits per heavy atom. The normalized spacial score (nSPS) is 13.9. The Morgan fingerprint density at radius 2 is 2.17 bits per heavy atom. The Balaban J connectivity index is 3.39. The van der Waals surface area contributed by atoms with Crippen molar-refractivity contribution in [3.8, 4) is 0 Å². The second-order valence-corrected chi connectivity index (χ2v) is 2.39. The molecule has 0 heterocycles. The summed E-state index contributed by atoms with van der Waals surface area (Å²) in [4.78, 5) is 0. The van der Waals surface area contributed by atoms with Gasteiger partial charge in [0.2, 0.25) is 0 Å². The van der Waals surface area contributed by atoms with Crippen molar-refractivity contribution < 1.29 is 14.6 Å². The fourth-order valence-electron chi connectivity index (χ4n) is 0.662. The van der Waals surface area contributed by atoms with E-state index in [-0.39, 0.29) is 6.61 Å². The molecular formula is C9H18O3. The SMILES string of the molecule is CC=CCOC(CO)OCCC. The molecule has 72 valence electrons. The third-order valence-corrected chi connectivity index (χ3v) is 1.27. The highest BCUT2D eigenvalue weighted by atomic mass is 16.7. The van der Waals surface area contributed by atoms with Crippen LogP contribution in [0.3, 0.4) is 0 Å². The van der Waals surface area contributed by atoms with Crippen molar-refractivity contribution in [3.05, 3.63) is 12.2 Å². The van der Waals surface area contributed by atoms with Crippen LogP contribution in [0.2, 0.25) is 0 Å². The molecule has 0 spiro atoms. The standard InChI is InChI=1S/C9H18O3/c1-3-5-7-12-9(8-10)11-6-4-2/h3,5,9-10H,4,6-8H2,1-2H3. The minimum atomic E-state index is -0.471. The molecule has 3 nitrogen and oxygen atoms in total. The zero-order chi connectivity index (χ0) is 9.23. The lowest BCUT2D eigenvalue weighted by Crippen LogP contribution is -2.22. The molecule has 0 fully saturated rings. The van der Waals surface area contributed by atoms with E-state index in [0.717, 1.165) is 6.42 Å². The van der Waals surface area contributed by atoms with E-state index in [2.05, 4.69) is 0 Å². The number of allylic oxidation sites excluding steroid dienone is 1. The van der Waals surface area contributed by atoms with E-state index >= 15 is 0 Å². The van der Waals surface area contributed by atoms with Gasteiger partial charge in [-0.3, -0.25) is 0 Å². The van der Waals surface area contributed by atoms with E-state index in [4.69, 9.17) is 14.6 Å². The van der Waals surface area contributed by atoms with E-state index < -0.39 is 6.29 Å². The molecule has 0 aliphatic rings. The van der Waals surface area contributed by atoms with Gasteiger partial charge in [-0.25, -0.2) is 0 Å². The summed E-state index contributed by atoms with van der Waals surface area (Å²) in [6.45, 7) is 4.97. The van der Waals surface area contributed by atoms with Crippen LogP contribution in [0.1, 0.15) is 20.3 Å². The van der Waals surface area contributed by atoms with Crippen LogP contribution in [0.5, 0.6) is 0 Å². The minimum Gasteiger partial charge on any atom is -0.391 e. The molecule has 1 atom stereocenters. The molecule has 0 saturated carbocycles. The summed E-state index contributed by atoms with van der Waals surface area (Å²) in [6.07, 6.45) is 4.23. The smallest absolute Gasteiger partial charge is 0.180 e. The summed E-state index contributed by atoms with van der Waals surface area (Å²) < 4.78 is 10.4. The monoisotopic (exact) mass is 174 g/mol. The van der Waals surface area contributed by atoms with Crippen LogP contribution in [-0.2, 0) is 9.47 Å². The third kappa shape index (κ3) is 6.34. The van der Waals surface area contributed by atoms with Gasteiger partial charge in [0.05, 0.1) is 13.2 Å². The Bertz CT molecular complexity index is 112. The molecule has 0 radical (unpaired) electrons. The number of aliphatic hydroxyl groups excluding tert-OH is 1. The molecule has 0 rings (SSSR count). The van der Waals surface area contributed by atoms with Gasteiger partial charge in [0.15, 0.2) is 6.29 Å². The van der Waals surface area contributed by atoms with Crippen LogP contribution < -0.4 is 0 Å². The first-order valence-electron chi connectivity index (χ1n) is 4.30. The largest absolute Gasteiger partial charge is 0.391 e. The van der Waals surface area contributed by atoms with Crippen molar-refractivity contribution in [1.29, 1.82) is 0 Å². The van der Waals surface area contributed by atoms with Gasteiger partial charge in [0.1, 0.15) is 0 Å². The van der Waals surface area contributed by atoms with Crippen molar-refractivity contribution in [1.82, 2.24) is 0 Å². The van der Waals surface area contributed by atoms with Crippen LogP contribution in [0.25, 0.3) is 0 Å². The lowest BCUT2D eigenvalue weighted by Gasteiger charge is -2.14. The zero-order valence-electron chi connectivity index (χ0n) is 7.82. The van der Waals surface area contributed by atoms with Crippen molar-refractivity contribution in [2.75, 3.05) is 19.8 Å². The molecular weight excluding hydrogens is 156 g/mol. The fraction of sp³-hybridized carbons (Fsp3) is 0.778. The summed E-state index contributed by atoms with van der Waals surface area (Å²) in [5, 5.41) is 8.78. The average Bonchev–Trinajstić information content (AvgIpc) is 2.11. The maximum absolute atomic E-state index is 8.78. The molecule has 0 aliphatic carbocycles. The molecule has 12 heavy (non-hydrogen) atoms. The Kier molecular flexibility index (Phi) is 8.44. The van der Waals surface area contributed by atoms with E-state index in [0.29, 0.717) is 13.2 Å². The Labute approximate surface area is 74.0 Å². The fourth-order valence-corrected chi connectivity index (χ4v) is 0.662. The van der Waals surface area contributed by atoms with Crippen LogP contribution >= 0.6 is 0 Å². The second-order valence-electron chi connectivity index (χ2n) is 2.39. The Morgan fingerprint density at radius 1 is 1.42 bits per heavy atom. The highest BCUT2D eigenvalue weighted by Gasteiger charge is 2.04. The first kappa shape index (κ1) is 11.6. The third-order valence-electron chi connectivity index (χ3n) is 1.27. The lowest BCUT2D eigenvalue weighted by atomic mass is 10.5. The molecule has 0 aromatic rings. The van der Waals surface area contributed by atoms with Gasteiger partial charge in [-0.1, -0.05) is 19.1 Å². The van der Waals surface area contributed by atoms with E-state index in [1.807, 2.05) is 26.0 Å². The molecule has 0 aromatic heterocycles. The molecule has 1 unspecified atom stereocenters. The summed E-state index contributed by atoms with van der Waals surface area (Å²) in [6, 6.07) is 0. The van der Waals surface area contributed by atoms with Gasteiger partial charge in [-0.05, 0) is 13.3 Å². The van der Waals surface area contributed by atoms with Crippen molar-refractivity contribution in [3.63, 3.8) is 0 Å². The number of hydrogen-bond donors (Lipinski definition) is 1. The van der Waals surface area contributed by atoms with Gasteiger partial charge < -0.3 is 14.6 Å². The second kappa shape index (κ2) is 8.71. The van der Waals surface area contributed by atoms with Crippen LogP contribution in [0.4, 0.5) is 0 Å². The molecule has 0 aromatic carbocycles. The molecule has 0 saturated heterocycles. The van der Waals surface area contributed by atoms with E-state index in [1.54, 1.807) is 0 Å². The number of rotatable bonds is 7. The van der Waals surface area contributed by atoms with Crippen LogP contribution in [-0.4, -0.2) is 31.2 Å². The molecule has 0 aliphatic heterocycles. The summed E-state index contributed by atoms with van der Waals surface area (Å²) in [5.74, 6) is 0. The highest BCUT2D eigenvalue weighted by molar-refractivity contribution is 4.76. The molecule has 3 heteroatoms. The van der Waals surface area contributed by atoms with Crippen molar-refractivity contribution in [2.45, 2.75) is 26.6 Å². The average molecular weight is 174 g/mol. The molecule has 0 bridgehead atoms. The van der Waals surface area contributed by atoms with Gasteiger partial charge in [-0.2, -0.15) is 0 Å². The summed E-state index contributed by atoms with van der Waals surface area (Å²) in [7, 11) is 0. The van der Waals surface area contributed by atoms with Crippen LogP contribution in [0, 0.1) is 0 Å². The minimum absolute atomic E-state index is 0.0858. The van der Waals surface area contributed by atoms with E-state index in [9.17, 15) is 0 Å². The maximum atomic E-state index is 8.78. The summed E-state index contributed by atoms with van der Waals surface area (Å²) >= 11 is 0. The zero-order valence-corrected chi connectivity index (χ0v) is 7.82. The number of ether oxygens (including phenoxy) is 2. The van der Waals surface area contributed by atoms with Gasteiger partial charge in [-0.15, -0.1) is 0 Å². The Hall–Kier alpha value is -0.380. The van der Waals surface area contributed by atoms with Crippen LogP contribution in [0.15, 0.2) is 12.2 Å². The lowest BCUT2D eigenvalue weighted by molar-refractivity contribution is -0.155. The maximum Gasteiger partial charge on any atom is 0.180 e. The van der Waals surface area contributed by atoms with Gasteiger partial charge in [0.25, 0.3) is 0 Å². The quantitative estimate of drug-likeness (QED) is 0.467. The first-order valence-corrected chi connectivity index (χ1v) is 4.30. The highest BCUT2D eigenvalue weighted by Crippen LogP contribution is 1.95. The van der Waals surface area contributed by atoms with Crippen molar-refractivity contribution >= 4 is 0 Å². The first-order chi connectivity index (χ1) is 5.85. The molecule has 1 N–H and O–H groups in total. The number of aliphatic hydroxyl groups is 1. The van der Waals surface area contributed by atoms with Crippen molar-refractivity contribution in [2.24, 2.45) is 0 Å². The van der Waals surface area contributed by atoms with E-state index in [1.165, 1.54) is 0 Å². The topological polar surface area (TPSA) is 38.7 Å². The van der Waals surface area contributed by atoms with Gasteiger partial charge in [0, 0.05) is 6.61 Å². The predicted octanol–water partition coefficient (Wildman–Crippen LogP) is 1.32.